The molecule has 5 N–H and O–H groups in total. The summed E-state index contributed by atoms with van der Waals surface area (Å²) in [6, 6.07) is 0. The van der Waals surface area contributed by atoms with Crippen LogP contribution in [0.15, 0.2) is 11.1 Å². The molecule has 12 nitrogen and oxygen atoms in total. The highest BCUT2D eigenvalue weighted by molar-refractivity contribution is 5.66. The van der Waals surface area contributed by atoms with Gasteiger partial charge in [-0.2, -0.15) is 0 Å². The molecule has 15 atom stereocenters. The van der Waals surface area contributed by atoms with Crippen molar-refractivity contribution >= 4 is 11.9 Å². The number of allylic oxidation sites excluding steroid dienone is 2. The molecule has 304 valence electrons. The number of hydrogen-bond donors (Lipinski definition) is 5. The highest BCUT2D eigenvalue weighted by Gasteiger charge is 2.71. The maximum atomic E-state index is 12.3. The Bertz CT molecular complexity index is 1390. The molecule has 4 aliphatic carbocycles. The Hall–Kier alpha value is -1.64. The van der Waals surface area contributed by atoms with Gasteiger partial charge in [0, 0.05) is 31.8 Å². The van der Waals surface area contributed by atoms with Gasteiger partial charge in [0.2, 0.25) is 0 Å². The first-order valence-electron chi connectivity index (χ1n) is 19.8. The Morgan fingerprint density at radius 2 is 1.57 bits per heavy atom. The zero-order valence-corrected chi connectivity index (χ0v) is 33.9. The van der Waals surface area contributed by atoms with Crippen molar-refractivity contribution in [1.82, 2.24) is 0 Å². The molecule has 3 saturated carbocycles. The van der Waals surface area contributed by atoms with E-state index in [1.807, 2.05) is 0 Å². The topological polar surface area (TPSA) is 181 Å². The van der Waals surface area contributed by atoms with Crippen LogP contribution in [-0.4, -0.2) is 112 Å². The molecule has 4 fully saturated rings. The van der Waals surface area contributed by atoms with Crippen LogP contribution in [0.5, 0.6) is 0 Å². The molecule has 53 heavy (non-hydrogen) atoms. The summed E-state index contributed by atoms with van der Waals surface area (Å²) < 4.78 is 29.7. The summed E-state index contributed by atoms with van der Waals surface area (Å²) in [5, 5.41) is 55.2. The minimum absolute atomic E-state index is 0.0100. The van der Waals surface area contributed by atoms with Crippen molar-refractivity contribution in [2.45, 2.75) is 181 Å². The molecule has 0 aromatic heterocycles. The Morgan fingerprint density at radius 1 is 0.906 bits per heavy atom. The summed E-state index contributed by atoms with van der Waals surface area (Å²) in [4.78, 5) is 23.9. The largest absolute Gasteiger partial charge is 0.463 e. The van der Waals surface area contributed by atoms with Gasteiger partial charge in [-0.1, -0.05) is 52.7 Å². The number of hydrogen-bond acceptors (Lipinski definition) is 12. The molecule has 1 saturated heterocycles. The molecule has 0 amide bonds. The first-order valence-corrected chi connectivity index (χ1v) is 19.8. The van der Waals surface area contributed by atoms with Crippen molar-refractivity contribution < 1.29 is 58.8 Å². The number of aliphatic hydroxyl groups excluding tert-OH is 5. The van der Waals surface area contributed by atoms with Crippen LogP contribution in [-0.2, 0) is 33.3 Å². The van der Waals surface area contributed by atoms with Gasteiger partial charge in [-0.3, -0.25) is 9.59 Å². The lowest BCUT2D eigenvalue weighted by Gasteiger charge is -2.71. The standard InChI is InChI=1S/C41H68O12/c1-21(18-26(44)35(48)38(6,7)49-11)24-14-17-40(9)25(24)12-13-28-39(8)16-15-30(51-23(3)43)37(4,5)29(39)19-31(41(28,40)10)53-36-34(47)33(46)32(45)27(52-36)20-50-22(2)42/h21,26-36,44-48H,12-20H2,1-11H3/t21-,26+,27+,28+,29-,30-,31+,32+,33-,34-,35-,36-,39-,40-,41-/m1/s1. The highest BCUT2D eigenvalue weighted by atomic mass is 16.7. The van der Waals surface area contributed by atoms with Gasteiger partial charge in [0.15, 0.2) is 6.29 Å². The molecule has 5 aliphatic rings. The molecule has 0 aromatic carbocycles. The fourth-order valence-electron chi connectivity index (χ4n) is 12.0. The third-order valence-corrected chi connectivity index (χ3v) is 15.4. The van der Waals surface area contributed by atoms with Crippen molar-refractivity contribution in [1.29, 1.82) is 0 Å². The van der Waals surface area contributed by atoms with Crippen molar-refractivity contribution in [3.8, 4) is 0 Å². The van der Waals surface area contributed by atoms with E-state index in [1.54, 1.807) is 13.8 Å². The van der Waals surface area contributed by atoms with E-state index in [0.717, 1.165) is 38.5 Å². The number of fused-ring (bicyclic) bond motifs is 5. The molecule has 5 rings (SSSR count). The smallest absolute Gasteiger partial charge is 0.302 e. The molecule has 0 bridgehead atoms. The van der Waals surface area contributed by atoms with Gasteiger partial charge in [0.25, 0.3) is 0 Å². The maximum absolute atomic E-state index is 12.3. The monoisotopic (exact) mass is 752 g/mol. The zero-order chi connectivity index (χ0) is 39.6. The quantitative estimate of drug-likeness (QED) is 0.116. The number of rotatable bonds is 11. The minimum Gasteiger partial charge on any atom is -0.463 e. The van der Waals surface area contributed by atoms with Gasteiger partial charge in [-0.05, 0) is 93.8 Å². The highest BCUT2D eigenvalue weighted by Crippen LogP contribution is 2.75. The van der Waals surface area contributed by atoms with Gasteiger partial charge in [0.05, 0.1) is 17.8 Å². The van der Waals surface area contributed by atoms with Crippen LogP contribution >= 0.6 is 0 Å². The normalized spacial score (nSPS) is 42.8. The predicted octanol–water partition coefficient (Wildman–Crippen LogP) is 4.21. The predicted molar refractivity (Wildman–Crippen MR) is 195 cm³/mol. The first kappa shape index (κ1) is 42.5. The van der Waals surface area contributed by atoms with E-state index < -0.39 is 71.4 Å². The van der Waals surface area contributed by atoms with E-state index in [4.69, 9.17) is 23.7 Å². The average molecular weight is 753 g/mol. The molecule has 12 heteroatoms. The molecule has 0 spiro atoms. The van der Waals surface area contributed by atoms with Crippen molar-refractivity contribution in [2.75, 3.05) is 13.7 Å². The number of esters is 2. The van der Waals surface area contributed by atoms with Gasteiger partial charge < -0.3 is 49.2 Å². The Morgan fingerprint density at radius 3 is 2.17 bits per heavy atom. The van der Waals surface area contributed by atoms with Crippen molar-refractivity contribution in [2.24, 2.45) is 39.4 Å². The maximum Gasteiger partial charge on any atom is 0.302 e. The summed E-state index contributed by atoms with van der Waals surface area (Å²) in [5.41, 5.74) is 0.424. The Kier molecular flexibility index (Phi) is 12.1. The molecule has 0 aromatic rings. The molecule has 1 heterocycles. The third kappa shape index (κ3) is 7.15. The van der Waals surface area contributed by atoms with Crippen molar-refractivity contribution in [3.63, 3.8) is 0 Å². The van der Waals surface area contributed by atoms with Crippen LogP contribution in [0, 0.1) is 39.4 Å². The molecular formula is C41H68O12. The van der Waals surface area contributed by atoms with E-state index in [9.17, 15) is 35.1 Å². The number of aliphatic hydroxyl groups is 5. The van der Waals surface area contributed by atoms with Crippen LogP contribution in [0.25, 0.3) is 0 Å². The van der Waals surface area contributed by atoms with Crippen LogP contribution in [0.4, 0.5) is 0 Å². The van der Waals surface area contributed by atoms with E-state index in [1.165, 1.54) is 32.1 Å². The summed E-state index contributed by atoms with van der Waals surface area (Å²) in [6.07, 6.45) is -3.76. The van der Waals surface area contributed by atoms with Gasteiger partial charge in [-0.25, -0.2) is 0 Å². The third-order valence-electron chi connectivity index (χ3n) is 15.4. The van der Waals surface area contributed by atoms with E-state index in [2.05, 4.69) is 41.5 Å². The summed E-state index contributed by atoms with van der Waals surface area (Å²) in [5.74, 6) is -0.619. The van der Waals surface area contributed by atoms with Crippen molar-refractivity contribution in [3.05, 3.63) is 11.1 Å². The second-order valence-electron chi connectivity index (χ2n) is 18.9. The Labute approximate surface area is 315 Å². The lowest BCUT2D eigenvalue weighted by Crippen LogP contribution is -2.69. The lowest BCUT2D eigenvalue weighted by molar-refractivity contribution is -0.344. The van der Waals surface area contributed by atoms with E-state index in [0.29, 0.717) is 12.8 Å². The minimum atomic E-state index is -1.59. The number of carbonyl (C=O) groups is 2. The van der Waals surface area contributed by atoms with E-state index in [-0.39, 0.29) is 47.3 Å². The number of carbonyl (C=O) groups excluding carboxylic acids is 2. The summed E-state index contributed by atoms with van der Waals surface area (Å²) in [6.45, 7) is 19.5. The zero-order valence-electron chi connectivity index (χ0n) is 33.9. The van der Waals surface area contributed by atoms with Crippen LogP contribution < -0.4 is 0 Å². The lowest BCUT2D eigenvalue weighted by atomic mass is 9.35. The molecular weight excluding hydrogens is 684 g/mol. The van der Waals surface area contributed by atoms with Crippen LogP contribution in [0.3, 0.4) is 0 Å². The van der Waals surface area contributed by atoms with Gasteiger partial charge in [0.1, 0.15) is 43.2 Å². The summed E-state index contributed by atoms with van der Waals surface area (Å²) >= 11 is 0. The fraction of sp³-hybridized carbons (Fsp3) is 0.902. The second kappa shape index (κ2) is 15.0. The molecule has 0 unspecified atom stereocenters. The first-order chi connectivity index (χ1) is 24.5. The molecule has 0 radical (unpaired) electrons. The van der Waals surface area contributed by atoms with Crippen LogP contribution in [0.2, 0.25) is 0 Å². The Balaban J connectivity index is 1.55. The summed E-state index contributed by atoms with van der Waals surface area (Å²) in [7, 11) is 1.53. The van der Waals surface area contributed by atoms with E-state index >= 15 is 0 Å². The number of ether oxygens (including phenoxy) is 5. The van der Waals surface area contributed by atoms with Gasteiger partial charge >= 0.3 is 11.9 Å². The molecule has 1 aliphatic heterocycles. The average Bonchev–Trinajstić information content (AvgIpc) is 3.44. The SMILES string of the molecule is COC(C)(C)[C@H](O)[C@@H](O)C[C@@H](C)C1=C2CC[C@H]3[C@@]4(C)CC[C@@H](OC(C)=O)C(C)(C)[C@H]4C[C@H](O[C@H]4O[C@@H](COC(C)=O)[C@H](O)[C@@H](O)[C@H]4O)[C@]3(C)[C@]2(C)CC1. The van der Waals surface area contributed by atoms with Gasteiger partial charge in [-0.15, -0.1) is 0 Å². The second-order valence-corrected chi connectivity index (χ2v) is 18.9. The van der Waals surface area contributed by atoms with Crippen LogP contribution in [0.1, 0.15) is 121 Å². The fourth-order valence-corrected chi connectivity index (χ4v) is 12.0. The number of methoxy groups -OCH3 is 1.